The second-order valence-electron chi connectivity index (χ2n) is 6.99. The van der Waals surface area contributed by atoms with Gasteiger partial charge in [-0.2, -0.15) is 4.98 Å². The maximum Gasteiger partial charge on any atom is 0.339 e. The zero-order chi connectivity index (χ0) is 22.1. The number of thioether (sulfide) groups is 1. The summed E-state index contributed by atoms with van der Waals surface area (Å²) in [5, 5.41) is 6.54. The highest BCUT2D eigenvalue weighted by Gasteiger charge is 2.14. The van der Waals surface area contributed by atoms with E-state index >= 15 is 0 Å². The van der Waals surface area contributed by atoms with Crippen LogP contribution in [0.1, 0.15) is 39.6 Å². The zero-order valence-electron chi connectivity index (χ0n) is 17.6. The largest absolute Gasteiger partial charge is 0.460 e. The van der Waals surface area contributed by atoms with Crippen LogP contribution in [0.4, 0.5) is 0 Å². The first-order valence-electron chi connectivity index (χ1n) is 10.0. The standard InChI is InChI=1S/C23H25N3O4S/c1-16-7-9-18(10-8-16)11-12-21(27)24-13-14-29-23(28)19-5-3-4-6-20(19)31-15-22-25-17(2)26-30-22/h3-10H,11-15H2,1-2H3,(H,24,27). The predicted molar refractivity (Wildman–Crippen MR) is 118 cm³/mol. The number of hydrogen-bond acceptors (Lipinski definition) is 7. The van der Waals surface area contributed by atoms with Crippen molar-refractivity contribution >= 4 is 23.6 Å². The second-order valence-corrected chi connectivity index (χ2v) is 8.01. The fraction of sp³-hybridized carbons (Fsp3) is 0.304. The zero-order valence-corrected chi connectivity index (χ0v) is 18.4. The Morgan fingerprint density at radius 2 is 1.87 bits per heavy atom. The molecule has 0 saturated carbocycles. The van der Waals surface area contributed by atoms with Crippen molar-refractivity contribution < 1.29 is 18.8 Å². The number of benzene rings is 2. The van der Waals surface area contributed by atoms with Crippen molar-refractivity contribution in [2.24, 2.45) is 0 Å². The van der Waals surface area contributed by atoms with E-state index in [1.54, 1.807) is 19.1 Å². The van der Waals surface area contributed by atoms with Crippen LogP contribution >= 0.6 is 11.8 Å². The summed E-state index contributed by atoms with van der Waals surface area (Å²) in [5.41, 5.74) is 2.78. The Morgan fingerprint density at radius 1 is 1.10 bits per heavy atom. The van der Waals surface area contributed by atoms with Crippen molar-refractivity contribution in [2.75, 3.05) is 13.2 Å². The van der Waals surface area contributed by atoms with Crippen molar-refractivity contribution in [3.05, 3.63) is 76.9 Å². The van der Waals surface area contributed by atoms with E-state index < -0.39 is 5.97 Å². The van der Waals surface area contributed by atoms with Gasteiger partial charge in [0.05, 0.1) is 17.9 Å². The molecule has 0 aliphatic rings. The lowest BCUT2D eigenvalue weighted by Gasteiger charge is -2.09. The fourth-order valence-corrected chi connectivity index (χ4v) is 3.69. The molecule has 3 aromatic rings. The smallest absolute Gasteiger partial charge is 0.339 e. The minimum Gasteiger partial charge on any atom is -0.460 e. The first-order valence-corrected chi connectivity index (χ1v) is 11.0. The van der Waals surface area contributed by atoms with Crippen molar-refractivity contribution in [2.45, 2.75) is 37.3 Å². The van der Waals surface area contributed by atoms with Gasteiger partial charge in [0.15, 0.2) is 5.82 Å². The number of aromatic nitrogens is 2. The van der Waals surface area contributed by atoms with E-state index in [4.69, 9.17) is 9.26 Å². The molecule has 0 spiro atoms. The van der Waals surface area contributed by atoms with Crippen LogP contribution in [0.15, 0.2) is 57.9 Å². The van der Waals surface area contributed by atoms with Crippen molar-refractivity contribution in [1.29, 1.82) is 0 Å². The van der Waals surface area contributed by atoms with E-state index in [0.29, 0.717) is 35.9 Å². The van der Waals surface area contributed by atoms with Crippen molar-refractivity contribution in [1.82, 2.24) is 15.5 Å². The molecule has 1 heterocycles. The molecular weight excluding hydrogens is 414 g/mol. The van der Waals surface area contributed by atoms with Gasteiger partial charge >= 0.3 is 5.97 Å². The lowest BCUT2D eigenvalue weighted by atomic mass is 10.1. The molecule has 0 saturated heterocycles. The number of esters is 1. The van der Waals surface area contributed by atoms with Gasteiger partial charge in [-0.3, -0.25) is 4.79 Å². The number of ether oxygens (including phenoxy) is 1. The highest BCUT2D eigenvalue weighted by Crippen LogP contribution is 2.26. The number of hydrogen-bond donors (Lipinski definition) is 1. The quantitative estimate of drug-likeness (QED) is 0.291. The lowest BCUT2D eigenvalue weighted by molar-refractivity contribution is -0.121. The number of carbonyl (C=O) groups is 2. The SMILES string of the molecule is Cc1ccc(CCC(=O)NCCOC(=O)c2ccccc2SCc2nc(C)no2)cc1. The predicted octanol–water partition coefficient (Wildman–Crippen LogP) is 3.88. The van der Waals surface area contributed by atoms with Crippen molar-refractivity contribution in [3.8, 4) is 0 Å². The van der Waals surface area contributed by atoms with Gasteiger partial charge in [0, 0.05) is 11.3 Å². The molecule has 0 atom stereocenters. The normalized spacial score (nSPS) is 10.6. The summed E-state index contributed by atoms with van der Waals surface area (Å²) in [6.45, 7) is 4.17. The van der Waals surface area contributed by atoms with Crippen LogP contribution < -0.4 is 5.32 Å². The van der Waals surface area contributed by atoms with Gasteiger partial charge < -0.3 is 14.6 Å². The summed E-state index contributed by atoms with van der Waals surface area (Å²) in [5.74, 6) is 1.03. The van der Waals surface area contributed by atoms with Crippen LogP contribution in [0, 0.1) is 13.8 Å². The van der Waals surface area contributed by atoms with Gasteiger partial charge in [-0.1, -0.05) is 47.1 Å². The average molecular weight is 440 g/mol. The fourth-order valence-electron chi connectivity index (χ4n) is 2.81. The molecule has 1 amide bonds. The van der Waals surface area contributed by atoms with Crippen LogP contribution in [-0.2, 0) is 21.7 Å². The van der Waals surface area contributed by atoms with Crippen LogP contribution in [0.25, 0.3) is 0 Å². The Hall–Kier alpha value is -3.13. The molecule has 2 aromatic carbocycles. The Kier molecular flexibility index (Phi) is 8.23. The molecule has 0 aliphatic carbocycles. The van der Waals surface area contributed by atoms with E-state index in [-0.39, 0.29) is 19.1 Å². The van der Waals surface area contributed by atoms with Gasteiger partial charge in [0.1, 0.15) is 6.61 Å². The number of amides is 1. The van der Waals surface area contributed by atoms with Crippen LogP contribution in [-0.4, -0.2) is 35.2 Å². The highest BCUT2D eigenvalue weighted by atomic mass is 32.2. The Balaban J connectivity index is 1.40. The molecule has 162 valence electrons. The lowest BCUT2D eigenvalue weighted by Crippen LogP contribution is -2.28. The number of aryl methyl sites for hydroxylation is 3. The van der Waals surface area contributed by atoms with E-state index in [0.717, 1.165) is 10.5 Å². The molecule has 0 aliphatic heterocycles. The summed E-state index contributed by atoms with van der Waals surface area (Å²) < 4.78 is 10.4. The van der Waals surface area contributed by atoms with E-state index in [1.165, 1.54) is 17.3 Å². The van der Waals surface area contributed by atoms with Gasteiger partial charge in [-0.05, 0) is 38.0 Å². The van der Waals surface area contributed by atoms with Gasteiger partial charge in [0.2, 0.25) is 11.8 Å². The molecule has 3 rings (SSSR count). The first kappa shape index (κ1) is 22.6. The monoisotopic (exact) mass is 439 g/mol. The Morgan fingerprint density at radius 3 is 2.61 bits per heavy atom. The maximum absolute atomic E-state index is 12.5. The van der Waals surface area contributed by atoms with Gasteiger partial charge in [-0.25, -0.2) is 4.79 Å². The summed E-state index contributed by atoms with van der Waals surface area (Å²) in [6, 6.07) is 15.3. The van der Waals surface area contributed by atoms with E-state index in [9.17, 15) is 9.59 Å². The summed E-state index contributed by atoms with van der Waals surface area (Å²) in [7, 11) is 0. The highest BCUT2D eigenvalue weighted by molar-refractivity contribution is 7.98. The molecule has 1 N–H and O–H groups in total. The minimum atomic E-state index is -0.432. The van der Waals surface area contributed by atoms with Crippen molar-refractivity contribution in [3.63, 3.8) is 0 Å². The van der Waals surface area contributed by atoms with Crippen LogP contribution in [0.2, 0.25) is 0 Å². The summed E-state index contributed by atoms with van der Waals surface area (Å²) in [4.78, 5) is 29.4. The van der Waals surface area contributed by atoms with E-state index in [1.807, 2.05) is 43.3 Å². The molecule has 31 heavy (non-hydrogen) atoms. The first-order chi connectivity index (χ1) is 15.0. The van der Waals surface area contributed by atoms with E-state index in [2.05, 4.69) is 15.5 Å². The number of carbonyl (C=O) groups excluding carboxylic acids is 2. The molecule has 7 nitrogen and oxygen atoms in total. The number of rotatable bonds is 10. The molecule has 0 bridgehead atoms. The molecule has 0 fully saturated rings. The molecule has 0 unspecified atom stereocenters. The van der Waals surface area contributed by atoms with Crippen LogP contribution in [0.5, 0.6) is 0 Å². The minimum absolute atomic E-state index is 0.0672. The molecular formula is C23H25N3O4S. The molecule has 1 aromatic heterocycles. The van der Waals surface area contributed by atoms with Crippen LogP contribution in [0.3, 0.4) is 0 Å². The topological polar surface area (TPSA) is 94.3 Å². The Labute approximate surface area is 185 Å². The third-order valence-corrected chi connectivity index (χ3v) is 5.50. The summed E-state index contributed by atoms with van der Waals surface area (Å²) >= 11 is 1.42. The number of nitrogens with zero attached hydrogens (tertiary/aromatic N) is 2. The third-order valence-electron chi connectivity index (χ3n) is 4.45. The molecule has 8 heteroatoms. The Bertz CT molecular complexity index is 1020. The average Bonchev–Trinajstić information content (AvgIpc) is 3.20. The van der Waals surface area contributed by atoms with Gasteiger partial charge in [0.25, 0.3) is 0 Å². The summed E-state index contributed by atoms with van der Waals surface area (Å²) in [6.07, 6.45) is 1.07. The maximum atomic E-state index is 12.5. The molecule has 0 radical (unpaired) electrons. The second kappa shape index (κ2) is 11.3. The number of nitrogens with one attached hydrogen (secondary N) is 1. The third kappa shape index (κ3) is 7.25. The van der Waals surface area contributed by atoms with Gasteiger partial charge in [-0.15, -0.1) is 11.8 Å².